The van der Waals surface area contributed by atoms with Crippen LogP contribution < -0.4 is 10.1 Å². The predicted molar refractivity (Wildman–Crippen MR) is 102 cm³/mol. The van der Waals surface area contributed by atoms with Crippen LogP contribution >= 0.6 is 22.9 Å². The molecule has 1 N–H and O–H groups in total. The van der Waals surface area contributed by atoms with Crippen LogP contribution in [0.15, 0.2) is 42.5 Å². The summed E-state index contributed by atoms with van der Waals surface area (Å²) in [6.45, 7) is 3.01. The first-order valence-electron chi connectivity index (χ1n) is 8.64. The van der Waals surface area contributed by atoms with Crippen molar-refractivity contribution < 1.29 is 9.53 Å². The number of carbonyl (C=O) groups excluding carboxylic acids is 1. The normalized spacial score (nSPS) is 17.2. The summed E-state index contributed by atoms with van der Waals surface area (Å²) >= 11 is 7.54. The smallest absolute Gasteiger partial charge is 0.223 e. The van der Waals surface area contributed by atoms with E-state index in [1.54, 1.807) is 11.3 Å². The molecule has 1 fully saturated rings. The first kappa shape index (κ1) is 18.2. The second-order valence-corrected chi connectivity index (χ2v) is 7.92. The zero-order valence-corrected chi connectivity index (χ0v) is 15.7. The molecule has 1 aliphatic rings. The Morgan fingerprint density at radius 2 is 2.04 bits per heavy atom. The van der Waals surface area contributed by atoms with Crippen molar-refractivity contribution in [1.29, 1.82) is 0 Å². The highest BCUT2D eigenvalue weighted by Gasteiger charge is 2.30. The molecule has 1 saturated heterocycles. The maximum Gasteiger partial charge on any atom is 0.223 e. The molecule has 3 rings (SSSR count). The summed E-state index contributed by atoms with van der Waals surface area (Å²) in [4.78, 5) is 15.3. The average Bonchev–Trinajstić information content (AvgIpc) is 3.19. The molecule has 1 aromatic heterocycles. The third-order valence-electron chi connectivity index (χ3n) is 4.35. The van der Waals surface area contributed by atoms with Gasteiger partial charge < -0.3 is 15.0 Å². The van der Waals surface area contributed by atoms with Gasteiger partial charge in [0.2, 0.25) is 5.91 Å². The van der Waals surface area contributed by atoms with Crippen LogP contribution in [0.1, 0.15) is 24.1 Å². The van der Waals surface area contributed by atoms with Gasteiger partial charge in [0.25, 0.3) is 0 Å². The minimum absolute atomic E-state index is 0.252. The van der Waals surface area contributed by atoms with Crippen molar-refractivity contribution in [3.63, 3.8) is 0 Å². The van der Waals surface area contributed by atoms with Crippen molar-refractivity contribution in [2.45, 2.75) is 31.8 Å². The number of nitrogens with zero attached hydrogens (tertiary/aromatic N) is 1. The number of nitrogens with one attached hydrogen (secondary N) is 1. The summed E-state index contributed by atoms with van der Waals surface area (Å²) < 4.78 is 6.44. The maximum atomic E-state index is 12.1. The summed E-state index contributed by atoms with van der Waals surface area (Å²) in [7, 11) is 0. The first-order chi connectivity index (χ1) is 12.2. The van der Waals surface area contributed by atoms with E-state index in [9.17, 15) is 4.79 Å². The van der Waals surface area contributed by atoms with Crippen molar-refractivity contribution >= 4 is 28.8 Å². The number of hydrogen-bond acceptors (Lipinski definition) is 4. The van der Waals surface area contributed by atoms with Crippen LogP contribution in [0.5, 0.6) is 5.75 Å². The SMILES string of the molecule is O=C1CC[C@H](CCNCCOc2ccccc2)N1Cc1ccc(Cl)s1. The Morgan fingerprint density at radius 1 is 1.20 bits per heavy atom. The molecule has 0 unspecified atom stereocenters. The molecule has 1 aromatic carbocycles. The van der Waals surface area contributed by atoms with Crippen LogP contribution in [0, 0.1) is 0 Å². The van der Waals surface area contributed by atoms with E-state index < -0.39 is 0 Å². The maximum absolute atomic E-state index is 12.1. The molecule has 25 heavy (non-hydrogen) atoms. The Kier molecular flexibility index (Phi) is 6.73. The molecule has 0 aliphatic carbocycles. The molecule has 0 bridgehead atoms. The molecule has 6 heteroatoms. The van der Waals surface area contributed by atoms with E-state index in [4.69, 9.17) is 16.3 Å². The average molecular weight is 379 g/mol. The zero-order chi connectivity index (χ0) is 17.5. The van der Waals surface area contributed by atoms with Crippen LogP contribution in [0.3, 0.4) is 0 Å². The van der Waals surface area contributed by atoms with Crippen molar-refractivity contribution in [3.8, 4) is 5.75 Å². The Bertz CT molecular complexity index is 677. The number of hydrogen-bond donors (Lipinski definition) is 1. The van der Waals surface area contributed by atoms with Crippen molar-refractivity contribution in [2.75, 3.05) is 19.7 Å². The number of amides is 1. The lowest BCUT2D eigenvalue weighted by Crippen LogP contribution is -2.35. The molecule has 0 saturated carbocycles. The molecule has 0 spiro atoms. The van der Waals surface area contributed by atoms with Gasteiger partial charge in [0.15, 0.2) is 0 Å². The number of thiophene rings is 1. The lowest BCUT2D eigenvalue weighted by molar-refractivity contribution is -0.129. The molecule has 134 valence electrons. The molecule has 0 radical (unpaired) electrons. The van der Waals surface area contributed by atoms with Crippen molar-refractivity contribution in [1.82, 2.24) is 10.2 Å². The van der Waals surface area contributed by atoms with Gasteiger partial charge in [-0.25, -0.2) is 0 Å². The number of halogens is 1. The number of likely N-dealkylation sites (tertiary alicyclic amines) is 1. The molecular formula is C19H23ClN2O2S. The lowest BCUT2D eigenvalue weighted by atomic mass is 10.1. The summed E-state index contributed by atoms with van der Waals surface area (Å²) in [5, 5.41) is 3.40. The highest BCUT2D eigenvalue weighted by atomic mass is 35.5. The fraction of sp³-hybridized carbons (Fsp3) is 0.421. The second kappa shape index (κ2) is 9.22. The number of carbonyl (C=O) groups is 1. The molecular weight excluding hydrogens is 356 g/mol. The van der Waals surface area contributed by atoms with Gasteiger partial charge in [-0.2, -0.15) is 0 Å². The minimum Gasteiger partial charge on any atom is -0.492 e. The quantitative estimate of drug-likeness (QED) is 0.672. The predicted octanol–water partition coefficient (Wildman–Crippen LogP) is 3.95. The Hall–Kier alpha value is -1.56. The van der Waals surface area contributed by atoms with Crippen molar-refractivity contribution in [2.24, 2.45) is 0 Å². The summed E-state index contributed by atoms with van der Waals surface area (Å²) in [6, 6.07) is 14.0. The van der Waals surface area contributed by atoms with Gasteiger partial charge in [0, 0.05) is 23.9 Å². The zero-order valence-electron chi connectivity index (χ0n) is 14.1. The van der Waals surface area contributed by atoms with Crippen LogP contribution in [-0.2, 0) is 11.3 Å². The first-order valence-corrected chi connectivity index (χ1v) is 9.84. The summed E-state index contributed by atoms with van der Waals surface area (Å²) in [5.41, 5.74) is 0. The Balaban J connectivity index is 1.36. The van der Waals surface area contributed by atoms with E-state index in [1.165, 1.54) is 0 Å². The van der Waals surface area contributed by atoms with Gasteiger partial charge in [-0.1, -0.05) is 29.8 Å². The molecule has 1 amide bonds. The number of para-hydroxylation sites is 1. The fourth-order valence-corrected chi connectivity index (χ4v) is 4.15. The topological polar surface area (TPSA) is 41.6 Å². The van der Waals surface area contributed by atoms with Crippen molar-refractivity contribution in [3.05, 3.63) is 51.7 Å². The van der Waals surface area contributed by atoms with Gasteiger partial charge in [0.05, 0.1) is 10.9 Å². The number of ether oxygens (including phenoxy) is 1. The highest BCUT2D eigenvalue weighted by molar-refractivity contribution is 7.16. The molecule has 4 nitrogen and oxygen atoms in total. The standard InChI is InChI=1S/C19H23ClN2O2S/c20-18-8-7-17(25-18)14-22-15(6-9-19(22)23)10-11-21-12-13-24-16-4-2-1-3-5-16/h1-5,7-8,15,21H,6,9-14H2/t15-/m1/s1. The number of benzene rings is 1. The van der Waals surface area contributed by atoms with Crippen LogP contribution in [0.2, 0.25) is 4.34 Å². The Labute approximate surface area is 157 Å². The van der Waals surface area contributed by atoms with E-state index in [0.29, 0.717) is 25.6 Å². The largest absolute Gasteiger partial charge is 0.492 e. The summed E-state index contributed by atoms with van der Waals surface area (Å²) in [6.07, 6.45) is 2.57. The molecule has 2 heterocycles. The fourth-order valence-electron chi connectivity index (χ4n) is 3.07. The highest BCUT2D eigenvalue weighted by Crippen LogP contribution is 2.28. The van der Waals surface area contributed by atoms with E-state index in [2.05, 4.69) is 5.32 Å². The van der Waals surface area contributed by atoms with Crippen LogP contribution in [-0.4, -0.2) is 36.5 Å². The van der Waals surface area contributed by atoms with Crippen LogP contribution in [0.4, 0.5) is 0 Å². The molecule has 1 atom stereocenters. The van der Waals surface area contributed by atoms with E-state index in [0.717, 1.165) is 40.9 Å². The number of rotatable bonds is 9. The minimum atomic E-state index is 0.252. The lowest BCUT2D eigenvalue weighted by Gasteiger charge is -2.24. The monoisotopic (exact) mass is 378 g/mol. The van der Waals surface area contributed by atoms with Gasteiger partial charge in [-0.15, -0.1) is 11.3 Å². The van der Waals surface area contributed by atoms with E-state index >= 15 is 0 Å². The van der Waals surface area contributed by atoms with Gasteiger partial charge in [0.1, 0.15) is 12.4 Å². The van der Waals surface area contributed by atoms with Gasteiger partial charge in [-0.3, -0.25) is 4.79 Å². The molecule has 1 aliphatic heterocycles. The third-order valence-corrected chi connectivity index (χ3v) is 5.57. The third kappa shape index (κ3) is 5.46. The second-order valence-electron chi connectivity index (χ2n) is 6.12. The van der Waals surface area contributed by atoms with Crippen LogP contribution in [0.25, 0.3) is 0 Å². The molecule has 2 aromatic rings. The summed E-state index contributed by atoms with van der Waals surface area (Å²) in [5.74, 6) is 1.15. The van der Waals surface area contributed by atoms with E-state index in [-0.39, 0.29) is 5.91 Å². The van der Waals surface area contributed by atoms with E-state index in [1.807, 2.05) is 47.4 Å². The van der Waals surface area contributed by atoms with Gasteiger partial charge >= 0.3 is 0 Å². The van der Waals surface area contributed by atoms with Gasteiger partial charge in [-0.05, 0) is 43.7 Å². The Morgan fingerprint density at radius 3 is 2.80 bits per heavy atom.